The van der Waals surface area contributed by atoms with Crippen LogP contribution in [0.25, 0.3) is 0 Å². The molecule has 126 valence electrons. The van der Waals surface area contributed by atoms with E-state index >= 15 is 0 Å². The van der Waals surface area contributed by atoms with Crippen molar-refractivity contribution in [3.05, 3.63) is 0 Å². The molecule has 1 aliphatic heterocycles. The van der Waals surface area contributed by atoms with Crippen molar-refractivity contribution in [3.63, 3.8) is 0 Å². The van der Waals surface area contributed by atoms with Crippen molar-refractivity contribution < 1.29 is 14.7 Å². The lowest BCUT2D eigenvalue weighted by Gasteiger charge is -2.33. The average molecular weight is 310 g/mol. The number of nitrogens with zero attached hydrogens (tertiary/aromatic N) is 1. The van der Waals surface area contributed by atoms with Gasteiger partial charge in [0.15, 0.2) is 0 Å². The maximum Gasteiger partial charge on any atom is 0.224 e. The Morgan fingerprint density at radius 3 is 2.59 bits per heavy atom. The molecule has 0 radical (unpaired) electrons. The van der Waals surface area contributed by atoms with Crippen LogP contribution in [-0.4, -0.2) is 46.6 Å². The van der Waals surface area contributed by atoms with Gasteiger partial charge < -0.3 is 15.3 Å². The molecular weight excluding hydrogens is 280 g/mol. The van der Waals surface area contributed by atoms with Gasteiger partial charge in [-0.2, -0.15) is 0 Å². The van der Waals surface area contributed by atoms with E-state index in [0.29, 0.717) is 31.8 Å². The van der Waals surface area contributed by atoms with E-state index in [9.17, 15) is 14.7 Å². The Balaban J connectivity index is 1.67. The van der Waals surface area contributed by atoms with E-state index in [2.05, 4.69) is 12.2 Å². The quantitative estimate of drug-likeness (QED) is 0.816. The summed E-state index contributed by atoms with van der Waals surface area (Å²) in [5.41, 5.74) is -0.826. The first-order chi connectivity index (χ1) is 10.5. The number of hydrogen-bond acceptors (Lipinski definition) is 3. The summed E-state index contributed by atoms with van der Waals surface area (Å²) in [6.45, 7) is 3.30. The zero-order valence-corrected chi connectivity index (χ0v) is 13.8. The van der Waals surface area contributed by atoms with E-state index in [1.165, 1.54) is 6.42 Å². The van der Waals surface area contributed by atoms with E-state index in [4.69, 9.17) is 0 Å². The highest BCUT2D eigenvalue weighted by Gasteiger charge is 2.31. The van der Waals surface area contributed by atoms with Crippen molar-refractivity contribution in [2.24, 2.45) is 0 Å². The zero-order chi connectivity index (χ0) is 16.0. The number of carbonyl (C=O) groups is 2. The molecule has 0 aromatic heterocycles. The van der Waals surface area contributed by atoms with E-state index < -0.39 is 5.60 Å². The number of likely N-dealkylation sites (tertiary alicyclic amines) is 1. The Kier molecular flexibility index (Phi) is 6.24. The van der Waals surface area contributed by atoms with Crippen LogP contribution in [-0.2, 0) is 9.59 Å². The molecule has 2 rings (SSSR count). The van der Waals surface area contributed by atoms with Crippen LogP contribution in [0.3, 0.4) is 0 Å². The van der Waals surface area contributed by atoms with E-state index in [-0.39, 0.29) is 18.2 Å². The third-order valence-corrected chi connectivity index (χ3v) is 5.06. The highest BCUT2D eigenvalue weighted by atomic mass is 16.3. The summed E-state index contributed by atoms with van der Waals surface area (Å²) in [5.74, 6) is -0.00669. The standard InChI is InChI=1S/C17H30N2O3/c1-14-7-3-6-12-19(14)16(21)8-11-18-15(20)13-17(22)9-4-2-5-10-17/h14,22H,2-13H2,1H3,(H,18,20)/t14-/m0/s1. The van der Waals surface area contributed by atoms with Crippen molar-refractivity contribution in [3.8, 4) is 0 Å². The normalized spacial score (nSPS) is 24.8. The topological polar surface area (TPSA) is 69.6 Å². The largest absolute Gasteiger partial charge is 0.389 e. The number of nitrogens with one attached hydrogen (secondary N) is 1. The van der Waals surface area contributed by atoms with Crippen LogP contribution < -0.4 is 5.32 Å². The summed E-state index contributed by atoms with van der Waals surface area (Å²) in [4.78, 5) is 26.0. The predicted octanol–water partition coefficient (Wildman–Crippen LogP) is 1.98. The minimum absolute atomic E-state index is 0.129. The van der Waals surface area contributed by atoms with Gasteiger partial charge in [0.25, 0.3) is 0 Å². The molecule has 1 atom stereocenters. The second-order valence-electron chi connectivity index (χ2n) is 6.99. The molecule has 5 heteroatoms. The fourth-order valence-corrected chi connectivity index (χ4v) is 3.67. The van der Waals surface area contributed by atoms with Crippen molar-refractivity contribution >= 4 is 11.8 Å². The molecule has 0 unspecified atom stereocenters. The van der Waals surface area contributed by atoms with E-state index in [0.717, 1.165) is 38.6 Å². The first kappa shape index (κ1) is 17.3. The highest BCUT2D eigenvalue weighted by Crippen LogP contribution is 2.30. The zero-order valence-electron chi connectivity index (χ0n) is 13.8. The molecule has 2 N–H and O–H groups in total. The lowest BCUT2D eigenvalue weighted by molar-refractivity contribution is -0.134. The average Bonchev–Trinajstić information content (AvgIpc) is 2.47. The van der Waals surface area contributed by atoms with Crippen molar-refractivity contribution in [1.82, 2.24) is 10.2 Å². The fourth-order valence-electron chi connectivity index (χ4n) is 3.67. The van der Waals surface area contributed by atoms with Crippen molar-refractivity contribution in [2.75, 3.05) is 13.1 Å². The summed E-state index contributed by atoms with van der Waals surface area (Å²) in [6.07, 6.45) is 8.43. The van der Waals surface area contributed by atoms with Gasteiger partial charge in [0.2, 0.25) is 11.8 Å². The van der Waals surface area contributed by atoms with Gasteiger partial charge in [0.1, 0.15) is 0 Å². The molecule has 2 amide bonds. The van der Waals surface area contributed by atoms with Crippen LogP contribution in [0.15, 0.2) is 0 Å². The second kappa shape index (κ2) is 7.95. The smallest absolute Gasteiger partial charge is 0.224 e. The fraction of sp³-hybridized carbons (Fsp3) is 0.882. The minimum atomic E-state index is -0.826. The Labute approximate surface area is 133 Å². The highest BCUT2D eigenvalue weighted by molar-refractivity contribution is 5.79. The molecule has 1 saturated carbocycles. The van der Waals surface area contributed by atoms with Crippen LogP contribution in [0.1, 0.15) is 71.1 Å². The molecule has 1 aliphatic carbocycles. The number of amides is 2. The maximum atomic E-state index is 12.2. The van der Waals surface area contributed by atoms with Gasteiger partial charge in [-0.3, -0.25) is 9.59 Å². The van der Waals surface area contributed by atoms with Crippen LogP contribution in [0.5, 0.6) is 0 Å². The van der Waals surface area contributed by atoms with Crippen LogP contribution >= 0.6 is 0 Å². The molecule has 2 aliphatic rings. The molecule has 0 spiro atoms. The number of piperidine rings is 1. The Morgan fingerprint density at radius 1 is 1.18 bits per heavy atom. The molecule has 5 nitrogen and oxygen atoms in total. The summed E-state index contributed by atoms with van der Waals surface area (Å²) in [6, 6.07) is 0.319. The molecule has 22 heavy (non-hydrogen) atoms. The van der Waals surface area contributed by atoms with Gasteiger partial charge in [-0.05, 0) is 39.0 Å². The molecule has 1 saturated heterocycles. The molecule has 0 bridgehead atoms. The van der Waals surface area contributed by atoms with Gasteiger partial charge in [-0.15, -0.1) is 0 Å². The third-order valence-electron chi connectivity index (χ3n) is 5.06. The molecule has 1 heterocycles. The molecule has 0 aromatic rings. The summed E-state index contributed by atoms with van der Waals surface area (Å²) in [7, 11) is 0. The van der Waals surface area contributed by atoms with Crippen molar-refractivity contribution in [1.29, 1.82) is 0 Å². The lowest BCUT2D eigenvalue weighted by Crippen LogP contribution is -2.43. The maximum absolute atomic E-state index is 12.2. The minimum Gasteiger partial charge on any atom is -0.389 e. The van der Waals surface area contributed by atoms with Gasteiger partial charge in [-0.1, -0.05) is 19.3 Å². The van der Waals surface area contributed by atoms with Gasteiger partial charge in [-0.25, -0.2) is 0 Å². The SMILES string of the molecule is C[C@H]1CCCCN1C(=O)CCNC(=O)CC1(O)CCCCC1. The second-order valence-corrected chi connectivity index (χ2v) is 6.99. The first-order valence-electron chi connectivity index (χ1n) is 8.79. The molecular formula is C17H30N2O3. The van der Waals surface area contributed by atoms with Gasteiger partial charge in [0.05, 0.1) is 12.0 Å². The Morgan fingerprint density at radius 2 is 1.91 bits per heavy atom. The summed E-state index contributed by atoms with van der Waals surface area (Å²) in [5, 5.41) is 13.1. The lowest BCUT2D eigenvalue weighted by atomic mass is 9.82. The Bertz CT molecular complexity index is 391. The monoisotopic (exact) mass is 310 g/mol. The van der Waals surface area contributed by atoms with E-state index in [1.807, 2.05) is 4.90 Å². The number of rotatable bonds is 5. The molecule has 0 aromatic carbocycles. The van der Waals surface area contributed by atoms with Crippen LogP contribution in [0.2, 0.25) is 0 Å². The number of hydrogen-bond donors (Lipinski definition) is 2. The van der Waals surface area contributed by atoms with Gasteiger partial charge in [0, 0.05) is 25.6 Å². The van der Waals surface area contributed by atoms with Crippen LogP contribution in [0.4, 0.5) is 0 Å². The molecule has 2 fully saturated rings. The first-order valence-corrected chi connectivity index (χ1v) is 8.79. The summed E-state index contributed by atoms with van der Waals surface area (Å²) >= 11 is 0. The van der Waals surface area contributed by atoms with Crippen LogP contribution in [0, 0.1) is 0 Å². The number of carbonyl (C=O) groups excluding carboxylic acids is 2. The Hall–Kier alpha value is -1.10. The number of aliphatic hydroxyl groups is 1. The van der Waals surface area contributed by atoms with Gasteiger partial charge >= 0.3 is 0 Å². The summed E-state index contributed by atoms with van der Waals surface area (Å²) < 4.78 is 0. The predicted molar refractivity (Wildman–Crippen MR) is 85.3 cm³/mol. The third kappa shape index (κ3) is 4.97. The van der Waals surface area contributed by atoms with Crippen molar-refractivity contribution in [2.45, 2.75) is 82.8 Å². The van der Waals surface area contributed by atoms with E-state index in [1.54, 1.807) is 0 Å².